The molecule has 4 amide bonds. The molecule has 0 saturated carbocycles. The van der Waals surface area contributed by atoms with E-state index in [1.165, 1.54) is 19.6 Å². The van der Waals surface area contributed by atoms with Crippen molar-refractivity contribution in [3.63, 3.8) is 0 Å². The standard InChI is InChI=1S/C19H21N5O5/c1-24-16(25)8-14(23-19(24)28)17(26)22-15(7-13-9-20-11-21-13)18(27)29-10-12-5-3-2-4-6-12/h2-6,9,11,14-15H,7-8,10H2,1H3,(H,20,21)(H,22,26)(H,23,28)/t14-,15-/m0/s1. The highest BCUT2D eigenvalue weighted by atomic mass is 16.5. The first kappa shape index (κ1) is 20.1. The third-order valence-electron chi connectivity index (χ3n) is 4.48. The van der Waals surface area contributed by atoms with Gasteiger partial charge in [-0.05, 0) is 5.56 Å². The Labute approximate surface area is 166 Å². The van der Waals surface area contributed by atoms with Gasteiger partial charge in [-0.2, -0.15) is 0 Å². The minimum absolute atomic E-state index is 0.0540. The largest absolute Gasteiger partial charge is 0.459 e. The third-order valence-corrected chi connectivity index (χ3v) is 4.48. The second kappa shape index (κ2) is 9.00. The Hall–Kier alpha value is -3.69. The minimum atomic E-state index is -1.06. The van der Waals surface area contributed by atoms with Crippen LogP contribution in [0.5, 0.6) is 0 Å². The quantitative estimate of drug-likeness (QED) is 0.567. The van der Waals surface area contributed by atoms with Crippen molar-refractivity contribution in [3.05, 3.63) is 54.1 Å². The summed E-state index contributed by atoms with van der Waals surface area (Å²) in [5, 5.41) is 5.01. The smallest absolute Gasteiger partial charge is 0.329 e. The molecule has 1 aliphatic rings. The monoisotopic (exact) mass is 399 g/mol. The fourth-order valence-corrected chi connectivity index (χ4v) is 2.79. The number of hydrogen-bond acceptors (Lipinski definition) is 6. The topological polar surface area (TPSA) is 133 Å². The molecular weight excluding hydrogens is 378 g/mol. The summed E-state index contributed by atoms with van der Waals surface area (Å²) in [4.78, 5) is 56.5. The van der Waals surface area contributed by atoms with Crippen LogP contribution in [-0.2, 0) is 32.1 Å². The Morgan fingerprint density at radius 2 is 2.07 bits per heavy atom. The van der Waals surface area contributed by atoms with Gasteiger partial charge < -0.3 is 20.4 Å². The summed E-state index contributed by atoms with van der Waals surface area (Å²) in [5.41, 5.74) is 1.43. The highest BCUT2D eigenvalue weighted by Crippen LogP contribution is 2.09. The number of imidazole rings is 1. The number of aromatic amines is 1. The molecule has 2 aromatic rings. The summed E-state index contributed by atoms with van der Waals surface area (Å²) < 4.78 is 5.34. The predicted molar refractivity (Wildman–Crippen MR) is 100 cm³/mol. The number of hydrogen-bond donors (Lipinski definition) is 3. The van der Waals surface area contributed by atoms with E-state index in [1.54, 1.807) is 0 Å². The van der Waals surface area contributed by atoms with Crippen LogP contribution in [0.4, 0.5) is 4.79 Å². The maximum Gasteiger partial charge on any atom is 0.329 e. The van der Waals surface area contributed by atoms with Crippen LogP contribution in [0, 0.1) is 0 Å². The van der Waals surface area contributed by atoms with Gasteiger partial charge in [-0.15, -0.1) is 0 Å². The Morgan fingerprint density at radius 1 is 1.31 bits per heavy atom. The van der Waals surface area contributed by atoms with Gasteiger partial charge in [-0.25, -0.2) is 14.6 Å². The summed E-state index contributed by atoms with van der Waals surface area (Å²) in [5.74, 6) is -1.76. The lowest BCUT2D eigenvalue weighted by atomic mass is 10.1. The van der Waals surface area contributed by atoms with E-state index in [0.717, 1.165) is 10.5 Å². The van der Waals surface area contributed by atoms with Crippen LogP contribution in [0.2, 0.25) is 0 Å². The number of imide groups is 1. The highest BCUT2D eigenvalue weighted by Gasteiger charge is 2.35. The number of ether oxygens (including phenoxy) is 1. The number of carbonyl (C=O) groups is 4. The van der Waals surface area contributed by atoms with E-state index in [9.17, 15) is 19.2 Å². The molecule has 29 heavy (non-hydrogen) atoms. The Bertz CT molecular complexity index is 866. The van der Waals surface area contributed by atoms with Crippen molar-refractivity contribution in [1.82, 2.24) is 25.5 Å². The Kier molecular flexibility index (Phi) is 6.22. The number of esters is 1. The molecule has 0 aliphatic carbocycles. The lowest BCUT2D eigenvalue weighted by Gasteiger charge is -2.29. The molecule has 1 aromatic heterocycles. The van der Waals surface area contributed by atoms with Crippen molar-refractivity contribution in [1.29, 1.82) is 0 Å². The zero-order chi connectivity index (χ0) is 20.8. The van der Waals surface area contributed by atoms with Crippen LogP contribution in [0.25, 0.3) is 0 Å². The molecular formula is C19H21N5O5. The van der Waals surface area contributed by atoms with Gasteiger partial charge >= 0.3 is 12.0 Å². The maximum absolute atomic E-state index is 12.6. The van der Waals surface area contributed by atoms with E-state index in [0.29, 0.717) is 5.69 Å². The summed E-state index contributed by atoms with van der Waals surface area (Å²) in [7, 11) is 1.33. The highest BCUT2D eigenvalue weighted by molar-refractivity contribution is 6.02. The van der Waals surface area contributed by atoms with Gasteiger partial charge in [0.05, 0.1) is 12.7 Å². The Balaban J connectivity index is 1.66. The molecule has 0 spiro atoms. The van der Waals surface area contributed by atoms with Crippen LogP contribution in [0.1, 0.15) is 17.7 Å². The molecule has 1 fully saturated rings. The maximum atomic E-state index is 12.6. The lowest BCUT2D eigenvalue weighted by molar-refractivity contribution is -0.149. The summed E-state index contributed by atoms with van der Waals surface area (Å²) in [6.07, 6.45) is 2.92. The average Bonchev–Trinajstić information content (AvgIpc) is 3.23. The number of urea groups is 1. The first-order valence-corrected chi connectivity index (χ1v) is 8.99. The number of H-pyrrole nitrogens is 1. The van der Waals surface area contributed by atoms with Gasteiger partial charge in [-0.3, -0.25) is 14.5 Å². The van der Waals surface area contributed by atoms with Crippen LogP contribution in [0.15, 0.2) is 42.9 Å². The van der Waals surface area contributed by atoms with Crippen molar-refractivity contribution in [2.45, 2.75) is 31.5 Å². The third kappa shape index (κ3) is 5.18. The van der Waals surface area contributed by atoms with E-state index in [1.807, 2.05) is 30.3 Å². The first-order chi connectivity index (χ1) is 13.9. The molecule has 1 saturated heterocycles. The second-order valence-corrected chi connectivity index (χ2v) is 6.59. The summed E-state index contributed by atoms with van der Waals surface area (Å²) >= 11 is 0. The fraction of sp³-hybridized carbons (Fsp3) is 0.316. The lowest BCUT2D eigenvalue weighted by Crippen LogP contribution is -2.60. The molecule has 3 N–H and O–H groups in total. The minimum Gasteiger partial charge on any atom is -0.459 e. The molecule has 1 aliphatic heterocycles. The van der Waals surface area contributed by atoms with Gasteiger partial charge in [0.25, 0.3) is 0 Å². The number of carbonyl (C=O) groups excluding carboxylic acids is 4. The molecule has 10 heteroatoms. The van der Waals surface area contributed by atoms with Crippen molar-refractivity contribution in [2.24, 2.45) is 0 Å². The number of nitrogens with one attached hydrogen (secondary N) is 3. The van der Waals surface area contributed by atoms with Crippen LogP contribution >= 0.6 is 0 Å². The van der Waals surface area contributed by atoms with Crippen LogP contribution in [0.3, 0.4) is 0 Å². The van der Waals surface area contributed by atoms with E-state index >= 15 is 0 Å². The molecule has 0 bridgehead atoms. The molecule has 0 unspecified atom stereocenters. The molecule has 10 nitrogen and oxygen atoms in total. The molecule has 3 rings (SSSR count). The zero-order valence-corrected chi connectivity index (χ0v) is 15.8. The van der Waals surface area contributed by atoms with E-state index < -0.39 is 35.9 Å². The second-order valence-electron chi connectivity index (χ2n) is 6.59. The van der Waals surface area contributed by atoms with Crippen LogP contribution < -0.4 is 10.6 Å². The number of aromatic nitrogens is 2. The van der Waals surface area contributed by atoms with E-state index in [4.69, 9.17) is 4.74 Å². The van der Waals surface area contributed by atoms with Crippen LogP contribution in [-0.4, -0.2) is 57.8 Å². The van der Waals surface area contributed by atoms with Crippen molar-refractivity contribution in [2.75, 3.05) is 7.05 Å². The molecule has 1 aromatic carbocycles. The Morgan fingerprint density at radius 3 is 2.72 bits per heavy atom. The zero-order valence-electron chi connectivity index (χ0n) is 15.8. The number of benzene rings is 1. The van der Waals surface area contributed by atoms with Crippen molar-refractivity contribution in [3.8, 4) is 0 Å². The molecule has 2 atom stereocenters. The number of amides is 4. The number of nitrogens with zero attached hydrogens (tertiary/aromatic N) is 2. The first-order valence-electron chi connectivity index (χ1n) is 8.99. The van der Waals surface area contributed by atoms with E-state index in [-0.39, 0.29) is 19.4 Å². The normalized spacial score (nSPS) is 17.4. The van der Waals surface area contributed by atoms with Gasteiger partial charge in [0.1, 0.15) is 18.7 Å². The van der Waals surface area contributed by atoms with Crippen molar-refractivity contribution >= 4 is 23.8 Å². The van der Waals surface area contributed by atoms with Crippen molar-refractivity contribution < 1.29 is 23.9 Å². The van der Waals surface area contributed by atoms with E-state index in [2.05, 4.69) is 20.6 Å². The summed E-state index contributed by atoms with van der Waals surface area (Å²) in [6.45, 7) is 0.0540. The molecule has 152 valence electrons. The SMILES string of the molecule is CN1C(=O)C[C@@H](C(=O)N[C@@H](Cc2cnc[nH]2)C(=O)OCc2ccccc2)NC1=O. The number of rotatable bonds is 7. The molecule has 0 radical (unpaired) electrons. The molecule has 2 heterocycles. The average molecular weight is 399 g/mol. The van der Waals surface area contributed by atoms with Gasteiger partial charge in [-0.1, -0.05) is 30.3 Å². The summed E-state index contributed by atoms with van der Waals surface area (Å²) in [6, 6.07) is 6.39. The van der Waals surface area contributed by atoms with Gasteiger partial charge in [0.15, 0.2) is 0 Å². The van der Waals surface area contributed by atoms with Gasteiger partial charge in [0.2, 0.25) is 11.8 Å². The fourth-order valence-electron chi connectivity index (χ4n) is 2.79. The van der Waals surface area contributed by atoms with Gasteiger partial charge in [0, 0.05) is 25.4 Å². The predicted octanol–water partition coefficient (Wildman–Crippen LogP) is 0.121.